The van der Waals surface area contributed by atoms with E-state index in [-0.39, 0.29) is 11.4 Å². The molecule has 0 radical (unpaired) electrons. The SMILES string of the molecule is CC(C)(C)NCC(=O)Nc1ccncc1. The smallest absolute Gasteiger partial charge is 0.238 e. The number of hydrogen-bond acceptors (Lipinski definition) is 3. The summed E-state index contributed by atoms with van der Waals surface area (Å²) in [7, 11) is 0. The average molecular weight is 207 g/mol. The van der Waals surface area contributed by atoms with Gasteiger partial charge in [0.15, 0.2) is 0 Å². The van der Waals surface area contributed by atoms with Crippen molar-refractivity contribution in [1.29, 1.82) is 0 Å². The van der Waals surface area contributed by atoms with E-state index in [1.165, 1.54) is 0 Å². The number of hydrogen-bond donors (Lipinski definition) is 2. The maximum absolute atomic E-state index is 11.5. The standard InChI is InChI=1S/C11H17N3O/c1-11(2,3)13-8-10(15)14-9-4-6-12-7-5-9/h4-7,13H,8H2,1-3H3,(H,12,14,15). The first-order valence-electron chi connectivity index (χ1n) is 4.92. The monoisotopic (exact) mass is 207 g/mol. The van der Waals surface area contributed by atoms with Gasteiger partial charge >= 0.3 is 0 Å². The fraction of sp³-hybridized carbons (Fsp3) is 0.455. The van der Waals surface area contributed by atoms with Crippen LogP contribution in [0.3, 0.4) is 0 Å². The van der Waals surface area contributed by atoms with E-state index in [9.17, 15) is 4.79 Å². The van der Waals surface area contributed by atoms with Crippen molar-refractivity contribution in [2.45, 2.75) is 26.3 Å². The molecule has 0 atom stereocenters. The van der Waals surface area contributed by atoms with E-state index in [1.54, 1.807) is 24.5 Å². The van der Waals surface area contributed by atoms with Crippen LogP contribution in [0, 0.1) is 0 Å². The van der Waals surface area contributed by atoms with Crippen LogP contribution in [0.15, 0.2) is 24.5 Å². The van der Waals surface area contributed by atoms with Crippen LogP contribution in [0.2, 0.25) is 0 Å². The highest BCUT2D eigenvalue weighted by Gasteiger charge is 2.10. The van der Waals surface area contributed by atoms with Gasteiger partial charge in [-0.25, -0.2) is 0 Å². The van der Waals surface area contributed by atoms with E-state index >= 15 is 0 Å². The highest BCUT2D eigenvalue weighted by atomic mass is 16.1. The zero-order chi connectivity index (χ0) is 11.3. The molecule has 4 nitrogen and oxygen atoms in total. The van der Waals surface area contributed by atoms with Crippen molar-refractivity contribution < 1.29 is 4.79 Å². The number of amides is 1. The Kier molecular flexibility index (Phi) is 3.80. The maximum atomic E-state index is 11.5. The molecule has 0 aliphatic heterocycles. The molecule has 4 heteroatoms. The van der Waals surface area contributed by atoms with Crippen molar-refractivity contribution in [2.75, 3.05) is 11.9 Å². The van der Waals surface area contributed by atoms with Crippen LogP contribution in [0.25, 0.3) is 0 Å². The Morgan fingerprint density at radius 1 is 1.33 bits per heavy atom. The second-order valence-electron chi connectivity index (χ2n) is 4.39. The quantitative estimate of drug-likeness (QED) is 0.788. The number of carbonyl (C=O) groups excluding carboxylic acids is 1. The second kappa shape index (κ2) is 4.89. The van der Waals surface area contributed by atoms with Gasteiger partial charge in [0.25, 0.3) is 0 Å². The molecule has 0 aliphatic carbocycles. The zero-order valence-corrected chi connectivity index (χ0v) is 9.37. The lowest BCUT2D eigenvalue weighted by Gasteiger charge is -2.19. The van der Waals surface area contributed by atoms with E-state index in [1.807, 2.05) is 20.8 Å². The summed E-state index contributed by atoms with van der Waals surface area (Å²) in [5.74, 6) is -0.0453. The summed E-state index contributed by atoms with van der Waals surface area (Å²) < 4.78 is 0. The molecule has 0 aliphatic rings. The van der Waals surface area contributed by atoms with Crippen molar-refractivity contribution in [2.24, 2.45) is 0 Å². The van der Waals surface area contributed by atoms with Crippen LogP contribution in [0.5, 0.6) is 0 Å². The van der Waals surface area contributed by atoms with Gasteiger partial charge in [-0.15, -0.1) is 0 Å². The molecule has 0 saturated carbocycles. The minimum atomic E-state index is -0.0460. The molecule has 0 unspecified atom stereocenters. The number of nitrogens with one attached hydrogen (secondary N) is 2. The second-order valence-corrected chi connectivity index (χ2v) is 4.39. The number of carbonyl (C=O) groups is 1. The Hall–Kier alpha value is -1.42. The molecule has 1 amide bonds. The van der Waals surface area contributed by atoms with Crippen LogP contribution in [0.1, 0.15) is 20.8 Å². The van der Waals surface area contributed by atoms with Crippen LogP contribution >= 0.6 is 0 Å². The molecule has 0 spiro atoms. The fourth-order valence-electron chi connectivity index (χ4n) is 0.986. The van der Waals surface area contributed by atoms with E-state index in [0.717, 1.165) is 5.69 Å². The van der Waals surface area contributed by atoms with Gasteiger partial charge in [0.05, 0.1) is 6.54 Å². The molecular weight excluding hydrogens is 190 g/mol. The van der Waals surface area contributed by atoms with Crippen molar-refractivity contribution in [1.82, 2.24) is 10.3 Å². The summed E-state index contributed by atoms with van der Waals surface area (Å²) in [5.41, 5.74) is 0.723. The normalized spacial score (nSPS) is 11.1. The van der Waals surface area contributed by atoms with Crippen molar-refractivity contribution >= 4 is 11.6 Å². The van der Waals surface area contributed by atoms with Crippen molar-refractivity contribution in [3.8, 4) is 0 Å². The average Bonchev–Trinajstić information content (AvgIpc) is 2.15. The van der Waals surface area contributed by atoms with E-state index < -0.39 is 0 Å². The van der Waals surface area contributed by atoms with E-state index in [4.69, 9.17) is 0 Å². The summed E-state index contributed by atoms with van der Waals surface area (Å²) in [6.45, 7) is 6.37. The topological polar surface area (TPSA) is 54.0 Å². The third kappa shape index (κ3) is 5.12. The van der Waals surface area contributed by atoms with Crippen molar-refractivity contribution in [3.05, 3.63) is 24.5 Å². The van der Waals surface area contributed by atoms with Gasteiger partial charge in [-0.3, -0.25) is 9.78 Å². The van der Waals surface area contributed by atoms with Crippen molar-refractivity contribution in [3.63, 3.8) is 0 Å². The molecule has 15 heavy (non-hydrogen) atoms. The third-order valence-corrected chi connectivity index (χ3v) is 1.74. The largest absolute Gasteiger partial charge is 0.325 e. The Balaban J connectivity index is 2.38. The Labute approximate surface area is 90.1 Å². The lowest BCUT2D eigenvalue weighted by atomic mass is 10.1. The summed E-state index contributed by atoms with van der Waals surface area (Å²) in [6.07, 6.45) is 3.29. The fourth-order valence-corrected chi connectivity index (χ4v) is 0.986. The van der Waals surface area contributed by atoms with Gasteiger partial charge < -0.3 is 10.6 Å². The summed E-state index contributed by atoms with van der Waals surface area (Å²) in [6, 6.07) is 3.52. The Bertz CT molecular complexity index is 316. The molecular formula is C11H17N3O. The van der Waals surface area contributed by atoms with Crippen LogP contribution < -0.4 is 10.6 Å². The number of aromatic nitrogens is 1. The van der Waals surface area contributed by atoms with Gasteiger partial charge in [-0.05, 0) is 32.9 Å². The minimum absolute atomic E-state index is 0.0453. The molecule has 0 saturated heterocycles. The van der Waals surface area contributed by atoms with Gasteiger partial charge in [0.2, 0.25) is 5.91 Å². The van der Waals surface area contributed by atoms with Crippen LogP contribution in [0.4, 0.5) is 5.69 Å². The van der Waals surface area contributed by atoms with Crippen LogP contribution in [-0.2, 0) is 4.79 Å². The maximum Gasteiger partial charge on any atom is 0.238 e. The first-order chi connectivity index (χ1) is 6.97. The molecule has 0 fully saturated rings. The lowest BCUT2D eigenvalue weighted by molar-refractivity contribution is -0.115. The van der Waals surface area contributed by atoms with E-state index in [2.05, 4.69) is 15.6 Å². The third-order valence-electron chi connectivity index (χ3n) is 1.74. The minimum Gasteiger partial charge on any atom is -0.325 e. The summed E-state index contributed by atoms with van der Waals surface area (Å²) in [4.78, 5) is 15.3. The van der Waals surface area contributed by atoms with Gasteiger partial charge in [-0.1, -0.05) is 0 Å². The molecule has 1 heterocycles. The number of nitrogens with zero attached hydrogens (tertiary/aromatic N) is 1. The van der Waals surface area contributed by atoms with E-state index in [0.29, 0.717) is 6.54 Å². The Morgan fingerprint density at radius 3 is 2.47 bits per heavy atom. The van der Waals surface area contributed by atoms with Gasteiger partial charge in [0, 0.05) is 23.6 Å². The predicted molar refractivity (Wildman–Crippen MR) is 60.6 cm³/mol. The number of rotatable bonds is 3. The first-order valence-corrected chi connectivity index (χ1v) is 4.92. The molecule has 1 aromatic heterocycles. The number of anilines is 1. The highest BCUT2D eigenvalue weighted by molar-refractivity contribution is 5.92. The first kappa shape index (κ1) is 11.7. The predicted octanol–water partition coefficient (Wildman–Crippen LogP) is 1.41. The molecule has 2 N–H and O–H groups in total. The van der Waals surface area contributed by atoms with Gasteiger partial charge in [-0.2, -0.15) is 0 Å². The highest BCUT2D eigenvalue weighted by Crippen LogP contribution is 2.03. The van der Waals surface area contributed by atoms with Crippen LogP contribution in [-0.4, -0.2) is 23.0 Å². The molecule has 0 bridgehead atoms. The molecule has 1 rings (SSSR count). The lowest BCUT2D eigenvalue weighted by Crippen LogP contribution is -2.41. The number of pyridine rings is 1. The summed E-state index contributed by atoms with van der Waals surface area (Å²) in [5, 5.41) is 5.89. The summed E-state index contributed by atoms with van der Waals surface area (Å²) >= 11 is 0. The van der Waals surface area contributed by atoms with Gasteiger partial charge in [0.1, 0.15) is 0 Å². The zero-order valence-electron chi connectivity index (χ0n) is 9.37. The Morgan fingerprint density at radius 2 is 1.93 bits per heavy atom. The molecule has 82 valence electrons. The molecule has 0 aromatic carbocycles. The molecule has 1 aromatic rings.